The molecule has 1 atom stereocenters. The first-order valence-corrected chi connectivity index (χ1v) is 11.3. The number of rotatable bonds is 7. The number of aromatic nitrogens is 2. The number of hydrogen-bond acceptors (Lipinski definition) is 4. The number of allylic oxidation sites excluding steroid dienone is 1. The van der Waals surface area contributed by atoms with E-state index in [1.165, 1.54) is 17.7 Å². The highest BCUT2D eigenvalue weighted by molar-refractivity contribution is 5.86. The van der Waals surface area contributed by atoms with E-state index in [2.05, 4.69) is 48.4 Å². The Labute approximate surface area is 193 Å². The van der Waals surface area contributed by atoms with E-state index in [0.717, 1.165) is 41.7 Å². The van der Waals surface area contributed by atoms with E-state index in [4.69, 9.17) is 4.52 Å². The van der Waals surface area contributed by atoms with Crippen LogP contribution in [0.2, 0.25) is 0 Å². The Morgan fingerprint density at radius 3 is 2.52 bits per heavy atom. The molecule has 0 saturated carbocycles. The van der Waals surface area contributed by atoms with Crippen LogP contribution in [0.1, 0.15) is 61.7 Å². The first kappa shape index (κ1) is 22.7. The first-order valence-electron chi connectivity index (χ1n) is 11.3. The lowest BCUT2D eigenvalue weighted by Crippen LogP contribution is -2.46. The fourth-order valence-electron chi connectivity index (χ4n) is 4.09. The van der Waals surface area contributed by atoms with Gasteiger partial charge in [0.15, 0.2) is 0 Å². The van der Waals surface area contributed by atoms with Gasteiger partial charge in [0.25, 0.3) is 5.89 Å². The topological polar surface area (TPSA) is 71.3 Å². The van der Waals surface area contributed by atoms with Crippen molar-refractivity contribution in [1.29, 1.82) is 0 Å². The SMILES string of the molecule is CCCCCN1C(=O)NC(c2ccc(C)c(C)c2)C(c2nc(-c3ccc(F)cc3)no2)=C1C. The zero-order valence-corrected chi connectivity index (χ0v) is 19.5. The minimum Gasteiger partial charge on any atom is -0.334 e. The van der Waals surface area contributed by atoms with Gasteiger partial charge in [0, 0.05) is 17.8 Å². The lowest BCUT2D eigenvalue weighted by molar-refractivity contribution is 0.204. The molecule has 172 valence electrons. The van der Waals surface area contributed by atoms with E-state index in [9.17, 15) is 9.18 Å². The third-order valence-electron chi connectivity index (χ3n) is 6.20. The van der Waals surface area contributed by atoms with Crippen LogP contribution in [-0.2, 0) is 0 Å². The van der Waals surface area contributed by atoms with Crippen molar-refractivity contribution < 1.29 is 13.7 Å². The van der Waals surface area contributed by atoms with Crippen molar-refractivity contribution in [1.82, 2.24) is 20.4 Å². The molecule has 0 aliphatic carbocycles. The minimum atomic E-state index is -0.416. The zero-order chi connectivity index (χ0) is 23.5. The van der Waals surface area contributed by atoms with Crippen molar-refractivity contribution in [2.45, 2.75) is 53.0 Å². The predicted molar refractivity (Wildman–Crippen MR) is 126 cm³/mol. The molecule has 1 N–H and O–H groups in total. The molecule has 2 amide bonds. The fourth-order valence-corrected chi connectivity index (χ4v) is 4.09. The number of nitrogens with zero attached hydrogens (tertiary/aromatic N) is 3. The third kappa shape index (κ3) is 4.67. The van der Waals surface area contributed by atoms with Gasteiger partial charge >= 0.3 is 6.03 Å². The maximum Gasteiger partial charge on any atom is 0.322 e. The van der Waals surface area contributed by atoms with Gasteiger partial charge in [0.2, 0.25) is 5.82 Å². The highest BCUT2D eigenvalue weighted by atomic mass is 19.1. The lowest BCUT2D eigenvalue weighted by atomic mass is 9.92. The average molecular weight is 449 g/mol. The Bertz CT molecular complexity index is 1180. The Kier molecular flexibility index (Phi) is 6.58. The maximum atomic E-state index is 13.3. The molecule has 7 heteroatoms. The number of unbranched alkanes of at least 4 members (excludes halogenated alkanes) is 2. The molecule has 0 bridgehead atoms. The molecule has 1 aliphatic rings. The summed E-state index contributed by atoms with van der Waals surface area (Å²) in [6, 6.07) is 11.6. The van der Waals surface area contributed by atoms with Crippen molar-refractivity contribution in [2.75, 3.05) is 6.54 Å². The number of halogens is 1. The number of carbonyl (C=O) groups excluding carboxylic acids is 1. The lowest BCUT2D eigenvalue weighted by Gasteiger charge is -2.35. The summed E-state index contributed by atoms with van der Waals surface area (Å²) >= 11 is 0. The summed E-state index contributed by atoms with van der Waals surface area (Å²) in [6.07, 6.45) is 3.02. The van der Waals surface area contributed by atoms with Gasteiger partial charge in [-0.1, -0.05) is 43.1 Å². The molecule has 1 aliphatic heterocycles. The van der Waals surface area contributed by atoms with Crippen molar-refractivity contribution >= 4 is 11.6 Å². The van der Waals surface area contributed by atoms with E-state index in [0.29, 0.717) is 23.8 Å². The summed E-state index contributed by atoms with van der Waals surface area (Å²) in [4.78, 5) is 19.4. The average Bonchev–Trinajstić information content (AvgIpc) is 3.27. The van der Waals surface area contributed by atoms with Crippen LogP contribution >= 0.6 is 0 Å². The molecular weight excluding hydrogens is 419 g/mol. The molecule has 33 heavy (non-hydrogen) atoms. The molecule has 4 rings (SSSR count). The van der Waals surface area contributed by atoms with Gasteiger partial charge in [0.05, 0.1) is 11.6 Å². The summed E-state index contributed by atoms with van der Waals surface area (Å²) < 4.78 is 19.0. The van der Waals surface area contributed by atoms with Gasteiger partial charge in [-0.05, 0) is 68.1 Å². The van der Waals surface area contributed by atoms with Gasteiger partial charge in [-0.15, -0.1) is 0 Å². The van der Waals surface area contributed by atoms with Crippen LogP contribution < -0.4 is 5.32 Å². The third-order valence-corrected chi connectivity index (χ3v) is 6.20. The molecule has 3 aromatic rings. The molecular formula is C26H29FN4O2. The fraction of sp³-hybridized carbons (Fsp3) is 0.346. The van der Waals surface area contributed by atoms with Crippen LogP contribution in [0.3, 0.4) is 0 Å². The second-order valence-corrected chi connectivity index (χ2v) is 8.51. The van der Waals surface area contributed by atoms with E-state index in [-0.39, 0.29) is 11.8 Å². The smallest absolute Gasteiger partial charge is 0.322 e. The summed E-state index contributed by atoms with van der Waals surface area (Å²) in [5.74, 6) is 0.391. The van der Waals surface area contributed by atoms with Gasteiger partial charge in [-0.3, -0.25) is 4.90 Å². The van der Waals surface area contributed by atoms with Gasteiger partial charge in [-0.25, -0.2) is 9.18 Å². The maximum absolute atomic E-state index is 13.3. The number of carbonyl (C=O) groups is 1. The standard InChI is InChI=1S/C26H29FN4O2/c1-5-6-7-14-31-18(4)22(23(28-26(31)32)20-9-8-16(2)17(3)15-20)25-29-24(30-33-25)19-10-12-21(27)13-11-19/h8-13,15,23H,5-7,14H2,1-4H3,(H,28,32). The van der Waals surface area contributed by atoms with Crippen LogP contribution in [0.15, 0.2) is 52.7 Å². The number of aryl methyl sites for hydroxylation is 2. The first-order chi connectivity index (χ1) is 15.9. The summed E-state index contributed by atoms with van der Waals surface area (Å²) in [6.45, 7) is 8.79. The highest BCUT2D eigenvalue weighted by Gasteiger charge is 2.35. The Morgan fingerprint density at radius 2 is 1.82 bits per heavy atom. The Morgan fingerprint density at radius 1 is 1.06 bits per heavy atom. The van der Waals surface area contributed by atoms with E-state index in [1.54, 1.807) is 17.0 Å². The Balaban J connectivity index is 1.78. The molecule has 0 fully saturated rings. The number of hydrogen-bond donors (Lipinski definition) is 1. The highest BCUT2D eigenvalue weighted by Crippen LogP contribution is 2.38. The van der Waals surface area contributed by atoms with Crippen LogP contribution in [-0.4, -0.2) is 27.6 Å². The predicted octanol–water partition coefficient (Wildman–Crippen LogP) is 6.18. The van der Waals surface area contributed by atoms with Crippen LogP contribution in [0.4, 0.5) is 9.18 Å². The molecule has 0 saturated heterocycles. The number of urea groups is 1. The van der Waals surface area contributed by atoms with Gasteiger partial charge in [-0.2, -0.15) is 4.98 Å². The van der Waals surface area contributed by atoms with Gasteiger partial charge in [0.1, 0.15) is 5.82 Å². The normalized spacial score (nSPS) is 16.3. The zero-order valence-electron chi connectivity index (χ0n) is 19.5. The molecule has 0 radical (unpaired) electrons. The van der Waals surface area contributed by atoms with Crippen LogP contribution in [0.25, 0.3) is 17.0 Å². The quantitative estimate of drug-likeness (QED) is 0.438. The number of benzene rings is 2. The second-order valence-electron chi connectivity index (χ2n) is 8.51. The summed E-state index contributed by atoms with van der Waals surface area (Å²) in [5, 5.41) is 7.27. The molecule has 1 aromatic heterocycles. The van der Waals surface area contributed by atoms with E-state index >= 15 is 0 Å². The molecule has 1 unspecified atom stereocenters. The monoisotopic (exact) mass is 448 g/mol. The van der Waals surface area contributed by atoms with Crippen molar-refractivity contribution in [3.05, 3.63) is 76.6 Å². The molecule has 2 heterocycles. The Hall–Kier alpha value is -3.48. The van der Waals surface area contributed by atoms with Crippen LogP contribution in [0.5, 0.6) is 0 Å². The minimum absolute atomic E-state index is 0.131. The van der Waals surface area contributed by atoms with Crippen molar-refractivity contribution in [3.63, 3.8) is 0 Å². The summed E-state index contributed by atoms with van der Waals surface area (Å²) in [5.41, 5.74) is 5.51. The van der Waals surface area contributed by atoms with Crippen LogP contribution in [0, 0.1) is 19.7 Å². The number of amides is 2. The van der Waals surface area contributed by atoms with Crippen molar-refractivity contribution in [2.24, 2.45) is 0 Å². The molecule has 2 aromatic carbocycles. The second kappa shape index (κ2) is 9.57. The van der Waals surface area contributed by atoms with E-state index < -0.39 is 6.04 Å². The molecule has 0 spiro atoms. The van der Waals surface area contributed by atoms with Gasteiger partial charge < -0.3 is 9.84 Å². The number of nitrogens with one attached hydrogen (secondary N) is 1. The van der Waals surface area contributed by atoms with Crippen molar-refractivity contribution in [3.8, 4) is 11.4 Å². The molecule has 6 nitrogen and oxygen atoms in total. The summed E-state index contributed by atoms with van der Waals surface area (Å²) in [7, 11) is 0. The van der Waals surface area contributed by atoms with E-state index in [1.807, 2.05) is 13.0 Å². The largest absolute Gasteiger partial charge is 0.334 e.